The lowest BCUT2D eigenvalue weighted by Gasteiger charge is -2.32. The zero-order valence-electron chi connectivity index (χ0n) is 22.0. The third-order valence-electron chi connectivity index (χ3n) is 5.95. The van der Waals surface area contributed by atoms with Gasteiger partial charge in [-0.25, -0.2) is 0 Å². The minimum Gasteiger partial charge on any atom is -0.497 e. The van der Waals surface area contributed by atoms with Crippen LogP contribution in [-0.2, 0) is 28.3 Å². The van der Waals surface area contributed by atoms with Gasteiger partial charge in [0.05, 0.1) is 22.9 Å². The van der Waals surface area contributed by atoms with Crippen LogP contribution in [0.1, 0.15) is 30.5 Å². The molecule has 0 aliphatic heterocycles. The summed E-state index contributed by atoms with van der Waals surface area (Å²) in [6.45, 7) is 4.86. The van der Waals surface area contributed by atoms with E-state index < -0.39 is 6.04 Å². The summed E-state index contributed by atoms with van der Waals surface area (Å²) in [5.74, 6) is 1.69. The molecule has 0 saturated carbocycles. The van der Waals surface area contributed by atoms with Crippen LogP contribution in [0.2, 0.25) is 10.0 Å². The molecule has 8 heteroatoms. The number of amides is 2. The normalized spacial score (nSPS) is 11.7. The van der Waals surface area contributed by atoms with E-state index in [4.69, 9.17) is 27.9 Å². The molecule has 3 rings (SSSR count). The summed E-state index contributed by atoms with van der Waals surface area (Å²) in [6.07, 6.45) is 0.404. The molecule has 0 bridgehead atoms. The molecular formula is C30H34Cl2N2O3S. The van der Waals surface area contributed by atoms with Crippen LogP contribution in [0.3, 0.4) is 0 Å². The maximum atomic E-state index is 13.7. The zero-order valence-corrected chi connectivity index (χ0v) is 24.3. The average molecular weight is 574 g/mol. The van der Waals surface area contributed by atoms with Gasteiger partial charge in [0, 0.05) is 25.3 Å². The van der Waals surface area contributed by atoms with Crippen LogP contribution in [0.4, 0.5) is 0 Å². The summed E-state index contributed by atoms with van der Waals surface area (Å²) >= 11 is 13.9. The summed E-state index contributed by atoms with van der Waals surface area (Å²) in [4.78, 5) is 28.9. The van der Waals surface area contributed by atoms with Crippen LogP contribution in [0.25, 0.3) is 0 Å². The lowest BCUT2D eigenvalue weighted by Crippen LogP contribution is -2.51. The highest BCUT2D eigenvalue weighted by molar-refractivity contribution is 7.99. The molecule has 3 aromatic carbocycles. The second-order valence-electron chi connectivity index (χ2n) is 9.46. The Hall–Kier alpha value is -2.67. The van der Waals surface area contributed by atoms with Gasteiger partial charge in [0.15, 0.2) is 0 Å². The van der Waals surface area contributed by atoms with Crippen LogP contribution in [0.5, 0.6) is 5.75 Å². The van der Waals surface area contributed by atoms with Gasteiger partial charge >= 0.3 is 0 Å². The van der Waals surface area contributed by atoms with E-state index in [-0.39, 0.29) is 30.0 Å². The van der Waals surface area contributed by atoms with E-state index in [0.29, 0.717) is 28.8 Å². The molecule has 3 aromatic rings. The van der Waals surface area contributed by atoms with Crippen molar-refractivity contribution in [2.45, 2.75) is 38.6 Å². The number of nitrogens with zero attached hydrogens (tertiary/aromatic N) is 1. The Morgan fingerprint density at radius 1 is 0.921 bits per heavy atom. The molecule has 0 heterocycles. The first kappa shape index (κ1) is 29.9. The third-order valence-corrected chi connectivity index (χ3v) is 7.67. The van der Waals surface area contributed by atoms with E-state index >= 15 is 0 Å². The number of nitrogens with one attached hydrogen (secondary N) is 1. The van der Waals surface area contributed by atoms with Crippen LogP contribution < -0.4 is 10.1 Å². The Bertz CT molecular complexity index is 1190. The predicted octanol–water partition coefficient (Wildman–Crippen LogP) is 6.65. The fourth-order valence-electron chi connectivity index (χ4n) is 3.87. The smallest absolute Gasteiger partial charge is 0.243 e. The summed E-state index contributed by atoms with van der Waals surface area (Å²) in [7, 11) is 1.63. The number of carbonyl (C=O) groups is 2. The number of benzene rings is 3. The quantitative estimate of drug-likeness (QED) is 0.249. The number of hydrogen-bond donors (Lipinski definition) is 1. The maximum Gasteiger partial charge on any atom is 0.243 e. The van der Waals surface area contributed by atoms with E-state index in [2.05, 4.69) is 5.32 Å². The monoisotopic (exact) mass is 572 g/mol. The van der Waals surface area contributed by atoms with Crippen molar-refractivity contribution in [2.24, 2.45) is 5.92 Å². The lowest BCUT2D eigenvalue weighted by molar-refractivity contribution is -0.139. The highest BCUT2D eigenvalue weighted by Crippen LogP contribution is 2.25. The van der Waals surface area contributed by atoms with Crippen molar-refractivity contribution in [3.8, 4) is 5.75 Å². The molecule has 0 spiro atoms. The van der Waals surface area contributed by atoms with Crippen molar-refractivity contribution in [3.63, 3.8) is 0 Å². The first-order valence-electron chi connectivity index (χ1n) is 12.5. The van der Waals surface area contributed by atoms with Gasteiger partial charge in [-0.1, -0.05) is 85.6 Å². The number of carbonyl (C=O) groups excluding carboxylic acids is 2. The summed E-state index contributed by atoms with van der Waals surface area (Å²) in [5, 5.41) is 3.89. The van der Waals surface area contributed by atoms with Gasteiger partial charge in [0.25, 0.3) is 0 Å². The molecule has 202 valence electrons. The van der Waals surface area contributed by atoms with Gasteiger partial charge in [0.2, 0.25) is 11.8 Å². The largest absolute Gasteiger partial charge is 0.497 e. The molecule has 0 fully saturated rings. The topological polar surface area (TPSA) is 58.6 Å². The van der Waals surface area contributed by atoms with E-state index in [1.165, 1.54) is 11.8 Å². The highest BCUT2D eigenvalue weighted by atomic mass is 35.5. The zero-order chi connectivity index (χ0) is 27.5. The van der Waals surface area contributed by atoms with Crippen molar-refractivity contribution < 1.29 is 14.3 Å². The number of thioether (sulfide) groups is 1. The predicted molar refractivity (Wildman–Crippen MR) is 158 cm³/mol. The molecule has 1 N–H and O–H groups in total. The standard InChI is InChI=1S/C30H34Cl2N2O3S/c1-21(2)17-33-30(36)28(16-22-7-5-4-6-8-22)34(18-24-11-14-26(31)27(32)15-24)29(35)20-38-19-23-9-12-25(37-3)13-10-23/h4-15,21,28H,16-20H2,1-3H3,(H,33,36). The summed E-state index contributed by atoms with van der Waals surface area (Å²) < 4.78 is 5.22. The summed E-state index contributed by atoms with van der Waals surface area (Å²) in [5.41, 5.74) is 2.88. The molecule has 1 unspecified atom stereocenters. The van der Waals surface area contributed by atoms with Gasteiger partial charge in [-0.2, -0.15) is 0 Å². The van der Waals surface area contributed by atoms with Crippen molar-refractivity contribution >= 4 is 46.8 Å². The Labute approximate surface area is 239 Å². The lowest BCUT2D eigenvalue weighted by atomic mass is 10.0. The Morgan fingerprint density at radius 2 is 1.61 bits per heavy atom. The second-order valence-corrected chi connectivity index (χ2v) is 11.3. The molecular weight excluding hydrogens is 539 g/mol. The molecule has 5 nitrogen and oxygen atoms in total. The van der Waals surface area contributed by atoms with Crippen molar-refractivity contribution in [1.29, 1.82) is 0 Å². The fraction of sp³-hybridized carbons (Fsp3) is 0.333. The maximum absolute atomic E-state index is 13.7. The number of rotatable bonds is 13. The molecule has 1 atom stereocenters. The first-order valence-corrected chi connectivity index (χ1v) is 14.4. The minimum absolute atomic E-state index is 0.116. The summed E-state index contributed by atoms with van der Waals surface area (Å²) in [6, 6.07) is 22.2. The van der Waals surface area contributed by atoms with Crippen LogP contribution >= 0.6 is 35.0 Å². The SMILES string of the molecule is COc1ccc(CSCC(=O)N(Cc2ccc(Cl)c(Cl)c2)C(Cc2ccccc2)C(=O)NCC(C)C)cc1. The molecule has 38 heavy (non-hydrogen) atoms. The Balaban J connectivity index is 1.84. The number of halogens is 2. The van der Waals surface area contributed by atoms with Crippen molar-refractivity contribution in [1.82, 2.24) is 10.2 Å². The van der Waals surface area contributed by atoms with E-state index in [0.717, 1.165) is 22.4 Å². The molecule has 2 amide bonds. The molecule has 0 radical (unpaired) electrons. The van der Waals surface area contributed by atoms with Crippen molar-refractivity contribution in [2.75, 3.05) is 19.4 Å². The van der Waals surface area contributed by atoms with Gasteiger partial charge in [0.1, 0.15) is 11.8 Å². The Kier molecular flexibility index (Phi) is 11.8. The minimum atomic E-state index is -0.681. The van der Waals surface area contributed by atoms with Gasteiger partial charge in [-0.05, 0) is 46.9 Å². The highest BCUT2D eigenvalue weighted by Gasteiger charge is 2.30. The third kappa shape index (κ3) is 9.26. The van der Waals surface area contributed by atoms with Crippen LogP contribution in [-0.4, -0.2) is 42.2 Å². The molecule has 0 aliphatic rings. The molecule has 0 aliphatic carbocycles. The Morgan fingerprint density at radius 3 is 2.24 bits per heavy atom. The van der Waals surface area contributed by atoms with Gasteiger partial charge in [-0.15, -0.1) is 11.8 Å². The number of methoxy groups -OCH3 is 1. The van der Waals surface area contributed by atoms with Crippen LogP contribution in [0.15, 0.2) is 72.8 Å². The average Bonchev–Trinajstić information content (AvgIpc) is 2.92. The number of hydrogen-bond acceptors (Lipinski definition) is 4. The first-order chi connectivity index (χ1) is 18.3. The van der Waals surface area contributed by atoms with E-state index in [1.54, 1.807) is 24.1 Å². The second kappa shape index (κ2) is 15.1. The molecule has 0 aromatic heterocycles. The molecule has 0 saturated heterocycles. The van der Waals surface area contributed by atoms with Crippen molar-refractivity contribution in [3.05, 3.63) is 99.5 Å². The number of ether oxygens (including phenoxy) is 1. The van der Waals surface area contributed by atoms with E-state index in [9.17, 15) is 9.59 Å². The van der Waals surface area contributed by atoms with Crippen LogP contribution in [0, 0.1) is 5.92 Å². The fourth-order valence-corrected chi connectivity index (χ4v) is 5.06. The van der Waals surface area contributed by atoms with E-state index in [1.807, 2.05) is 74.5 Å². The van der Waals surface area contributed by atoms with Gasteiger partial charge < -0.3 is 15.0 Å². The van der Waals surface area contributed by atoms with Gasteiger partial charge in [-0.3, -0.25) is 9.59 Å².